The van der Waals surface area contributed by atoms with E-state index in [-0.39, 0.29) is 0 Å². The Kier molecular flexibility index (Phi) is 3.04. The first-order valence-corrected chi connectivity index (χ1v) is 5.56. The highest BCUT2D eigenvalue weighted by atomic mass is 15.4. The van der Waals surface area contributed by atoms with Crippen molar-refractivity contribution < 1.29 is 0 Å². The van der Waals surface area contributed by atoms with Crippen LogP contribution in [0.25, 0.3) is 0 Å². The molecule has 3 heteroatoms. The van der Waals surface area contributed by atoms with E-state index in [1.54, 1.807) is 4.68 Å². The third-order valence-electron chi connectivity index (χ3n) is 2.60. The van der Waals surface area contributed by atoms with Crippen LogP contribution in [0.2, 0.25) is 0 Å². The van der Waals surface area contributed by atoms with Crippen LogP contribution >= 0.6 is 0 Å². The smallest absolute Gasteiger partial charge is 0.0830 e. The number of aryl methyl sites for hydroxylation is 5. The fourth-order valence-corrected chi connectivity index (χ4v) is 2.00. The van der Waals surface area contributed by atoms with Gasteiger partial charge in [0.25, 0.3) is 0 Å². The maximum Gasteiger partial charge on any atom is 0.0830 e. The van der Waals surface area contributed by atoms with Crippen LogP contribution in [0.15, 0.2) is 24.4 Å². The molecule has 0 bridgehead atoms. The molecular weight excluding hydrogens is 198 g/mol. The lowest BCUT2D eigenvalue weighted by Crippen LogP contribution is -1.93. The zero-order chi connectivity index (χ0) is 11.5. The van der Waals surface area contributed by atoms with Crippen LogP contribution in [0.4, 0.5) is 0 Å². The Hall–Kier alpha value is -1.64. The van der Waals surface area contributed by atoms with Crippen LogP contribution in [-0.2, 0) is 19.9 Å². The second-order valence-electron chi connectivity index (χ2n) is 4.38. The van der Waals surface area contributed by atoms with E-state index in [4.69, 9.17) is 0 Å². The molecule has 2 rings (SSSR count). The molecule has 1 aromatic carbocycles. The zero-order valence-electron chi connectivity index (χ0n) is 10.1. The van der Waals surface area contributed by atoms with E-state index >= 15 is 0 Å². The van der Waals surface area contributed by atoms with Crippen molar-refractivity contribution in [3.63, 3.8) is 0 Å². The van der Waals surface area contributed by atoms with Crippen molar-refractivity contribution in [3.8, 4) is 0 Å². The van der Waals surface area contributed by atoms with Crippen LogP contribution in [-0.4, -0.2) is 15.0 Å². The summed E-state index contributed by atoms with van der Waals surface area (Å²) in [5, 5.41) is 8.02. The molecule has 0 N–H and O–H groups in total. The largest absolute Gasteiger partial charge is 0.255 e. The molecule has 0 atom stereocenters. The third kappa shape index (κ3) is 2.69. The van der Waals surface area contributed by atoms with Gasteiger partial charge >= 0.3 is 0 Å². The predicted octanol–water partition coefficient (Wildman–Crippen LogP) is 2.22. The highest BCUT2D eigenvalue weighted by Crippen LogP contribution is 2.11. The van der Waals surface area contributed by atoms with Crippen molar-refractivity contribution in [1.29, 1.82) is 0 Å². The van der Waals surface area contributed by atoms with Gasteiger partial charge in [-0.25, -0.2) is 0 Å². The molecule has 0 saturated carbocycles. The summed E-state index contributed by atoms with van der Waals surface area (Å²) in [5.41, 5.74) is 5.09. The van der Waals surface area contributed by atoms with Gasteiger partial charge in [-0.2, -0.15) is 0 Å². The van der Waals surface area contributed by atoms with E-state index in [1.165, 1.54) is 16.7 Å². The lowest BCUT2D eigenvalue weighted by Gasteiger charge is -2.03. The highest BCUT2D eigenvalue weighted by molar-refractivity contribution is 5.28. The lowest BCUT2D eigenvalue weighted by atomic mass is 10.0. The van der Waals surface area contributed by atoms with E-state index in [0.717, 1.165) is 18.5 Å². The molecule has 0 saturated heterocycles. The monoisotopic (exact) mass is 215 g/mol. The number of rotatable bonds is 3. The Bertz CT molecular complexity index is 465. The molecule has 0 unspecified atom stereocenters. The standard InChI is InChI=1S/C13H17N3/c1-10-6-11(2)8-12(7-10)4-5-13-9-16(3)15-14-13/h6-9H,4-5H2,1-3H3. The van der Waals surface area contributed by atoms with Crippen molar-refractivity contribution >= 4 is 0 Å². The summed E-state index contributed by atoms with van der Waals surface area (Å²) in [4.78, 5) is 0. The summed E-state index contributed by atoms with van der Waals surface area (Å²) in [7, 11) is 1.90. The maximum absolute atomic E-state index is 4.09. The van der Waals surface area contributed by atoms with Crippen molar-refractivity contribution in [2.24, 2.45) is 7.05 Å². The molecule has 0 fully saturated rings. The molecule has 0 aliphatic carbocycles. The van der Waals surface area contributed by atoms with Gasteiger partial charge in [0.15, 0.2) is 0 Å². The van der Waals surface area contributed by atoms with Gasteiger partial charge in [-0.3, -0.25) is 4.68 Å². The third-order valence-corrected chi connectivity index (χ3v) is 2.60. The average Bonchev–Trinajstić information content (AvgIpc) is 2.60. The predicted molar refractivity (Wildman–Crippen MR) is 64.3 cm³/mol. The summed E-state index contributed by atoms with van der Waals surface area (Å²) in [6, 6.07) is 6.68. The minimum Gasteiger partial charge on any atom is -0.255 e. The van der Waals surface area contributed by atoms with Gasteiger partial charge in [0.05, 0.1) is 5.69 Å². The summed E-state index contributed by atoms with van der Waals surface area (Å²) in [6.07, 6.45) is 3.96. The fourth-order valence-electron chi connectivity index (χ4n) is 2.00. The Morgan fingerprint density at radius 3 is 2.31 bits per heavy atom. The van der Waals surface area contributed by atoms with Crippen LogP contribution < -0.4 is 0 Å². The van der Waals surface area contributed by atoms with Crippen molar-refractivity contribution in [2.45, 2.75) is 26.7 Å². The molecule has 0 spiro atoms. The number of aromatic nitrogens is 3. The van der Waals surface area contributed by atoms with Gasteiger partial charge in [0, 0.05) is 13.2 Å². The second kappa shape index (κ2) is 4.47. The topological polar surface area (TPSA) is 30.7 Å². The quantitative estimate of drug-likeness (QED) is 0.786. The molecule has 0 radical (unpaired) electrons. The van der Waals surface area contributed by atoms with E-state index in [1.807, 2.05) is 13.2 Å². The van der Waals surface area contributed by atoms with Crippen molar-refractivity contribution in [3.05, 3.63) is 46.8 Å². The molecule has 2 aromatic rings. The molecular formula is C13H17N3. The SMILES string of the molecule is Cc1cc(C)cc(CCc2cn(C)nn2)c1. The molecule has 1 heterocycles. The highest BCUT2D eigenvalue weighted by Gasteiger charge is 2.00. The van der Waals surface area contributed by atoms with Crippen molar-refractivity contribution in [1.82, 2.24) is 15.0 Å². The normalized spacial score (nSPS) is 10.7. The molecule has 0 aliphatic rings. The number of hydrogen-bond acceptors (Lipinski definition) is 2. The first kappa shape index (κ1) is 10.9. The zero-order valence-corrected chi connectivity index (χ0v) is 10.1. The Balaban J connectivity index is 2.04. The number of benzene rings is 1. The number of nitrogens with zero attached hydrogens (tertiary/aromatic N) is 3. The minimum absolute atomic E-state index is 0.955. The molecule has 0 amide bonds. The first-order valence-electron chi connectivity index (χ1n) is 5.56. The van der Waals surface area contributed by atoms with Crippen LogP contribution in [0.3, 0.4) is 0 Å². The summed E-state index contributed by atoms with van der Waals surface area (Å²) < 4.78 is 1.75. The summed E-state index contributed by atoms with van der Waals surface area (Å²) in [6.45, 7) is 4.28. The summed E-state index contributed by atoms with van der Waals surface area (Å²) in [5.74, 6) is 0. The first-order chi connectivity index (χ1) is 7.63. The van der Waals surface area contributed by atoms with Crippen molar-refractivity contribution in [2.75, 3.05) is 0 Å². The summed E-state index contributed by atoms with van der Waals surface area (Å²) >= 11 is 0. The van der Waals surface area contributed by atoms with E-state index < -0.39 is 0 Å². The van der Waals surface area contributed by atoms with Gasteiger partial charge in [0.1, 0.15) is 0 Å². The van der Waals surface area contributed by atoms with Gasteiger partial charge in [0.2, 0.25) is 0 Å². The molecule has 84 valence electrons. The van der Waals surface area contributed by atoms with E-state index in [0.29, 0.717) is 0 Å². The van der Waals surface area contributed by atoms with E-state index in [9.17, 15) is 0 Å². The minimum atomic E-state index is 0.955. The molecule has 0 aliphatic heterocycles. The Labute approximate surface area is 96.1 Å². The molecule has 1 aromatic heterocycles. The Morgan fingerprint density at radius 1 is 1.06 bits per heavy atom. The fraction of sp³-hybridized carbons (Fsp3) is 0.385. The van der Waals surface area contributed by atoms with Crippen LogP contribution in [0, 0.1) is 13.8 Å². The van der Waals surface area contributed by atoms with Gasteiger partial charge in [-0.15, -0.1) is 5.10 Å². The number of hydrogen-bond donors (Lipinski definition) is 0. The molecule has 16 heavy (non-hydrogen) atoms. The average molecular weight is 215 g/mol. The second-order valence-corrected chi connectivity index (χ2v) is 4.38. The maximum atomic E-state index is 4.09. The van der Waals surface area contributed by atoms with Crippen LogP contribution in [0.1, 0.15) is 22.4 Å². The van der Waals surface area contributed by atoms with Gasteiger partial charge < -0.3 is 0 Å². The van der Waals surface area contributed by atoms with Gasteiger partial charge in [-0.1, -0.05) is 34.5 Å². The Morgan fingerprint density at radius 2 is 1.75 bits per heavy atom. The van der Waals surface area contributed by atoms with E-state index in [2.05, 4.69) is 42.4 Å². The van der Waals surface area contributed by atoms with Crippen LogP contribution in [0.5, 0.6) is 0 Å². The van der Waals surface area contributed by atoms with Gasteiger partial charge in [-0.05, 0) is 32.3 Å². The lowest BCUT2D eigenvalue weighted by molar-refractivity contribution is 0.713. The molecule has 3 nitrogen and oxygen atoms in total.